The van der Waals surface area contributed by atoms with Crippen molar-refractivity contribution in [1.82, 2.24) is 15.5 Å². The summed E-state index contributed by atoms with van der Waals surface area (Å²) >= 11 is 0. The van der Waals surface area contributed by atoms with E-state index >= 15 is 0 Å². The lowest BCUT2D eigenvalue weighted by atomic mass is 9.98. The van der Waals surface area contributed by atoms with Gasteiger partial charge in [-0.15, -0.1) is 5.10 Å². The van der Waals surface area contributed by atoms with Gasteiger partial charge in [0.15, 0.2) is 0 Å². The zero-order valence-electron chi connectivity index (χ0n) is 13.2. The smallest absolute Gasteiger partial charge is 0.315 e. The van der Waals surface area contributed by atoms with E-state index in [0.717, 1.165) is 13.0 Å². The molecule has 2 N–H and O–H groups in total. The van der Waals surface area contributed by atoms with Crippen molar-refractivity contribution in [1.29, 1.82) is 0 Å². The van der Waals surface area contributed by atoms with Crippen molar-refractivity contribution < 1.29 is 9.15 Å². The molecule has 0 bridgehead atoms. The molecule has 1 atom stereocenters. The fourth-order valence-corrected chi connectivity index (χ4v) is 2.54. The Bertz CT molecular complexity index is 391. The molecule has 1 unspecified atom stereocenters. The number of aromatic nitrogens is 2. The summed E-state index contributed by atoms with van der Waals surface area (Å²) in [5.41, 5.74) is 0. The largest absolute Gasteiger partial charge is 0.406 e. The number of nitrogens with one attached hydrogen (secondary N) is 2. The third-order valence-electron chi connectivity index (χ3n) is 3.80. The molecule has 21 heavy (non-hydrogen) atoms. The number of anilines is 1. The Kier molecular flexibility index (Phi) is 6.95. The Hall–Kier alpha value is -1.14. The Morgan fingerprint density at radius 2 is 2.05 bits per heavy atom. The second kappa shape index (κ2) is 9.00. The van der Waals surface area contributed by atoms with Gasteiger partial charge in [-0.2, -0.15) is 0 Å². The van der Waals surface area contributed by atoms with Gasteiger partial charge in [-0.3, -0.25) is 0 Å². The highest BCUT2D eigenvalue weighted by Crippen LogP contribution is 2.20. The first-order chi connectivity index (χ1) is 10.3. The van der Waals surface area contributed by atoms with Crippen LogP contribution in [0.5, 0.6) is 0 Å². The van der Waals surface area contributed by atoms with Crippen molar-refractivity contribution >= 4 is 6.01 Å². The third-order valence-corrected chi connectivity index (χ3v) is 3.80. The lowest BCUT2D eigenvalue weighted by Gasteiger charge is -2.21. The van der Waals surface area contributed by atoms with E-state index in [0.29, 0.717) is 31.2 Å². The van der Waals surface area contributed by atoms with E-state index in [2.05, 4.69) is 27.8 Å². The minimum atomic E-state index is 0.0893. The van der Waals surface area contributed by atoms with Crippen LogP contribution in [0.3, 0.4) is 0 Å². The van der Waals surface area contributed by atoms with E-state index in [1.165, 1.54) is 32.1 Å². The van der Waals surface area contributed by atoms with Crippen LogP contribution in [0.25, 0.3) is 0 Å². The average Bonchev–Trinajstić information content (AvgIpc) is 2.99. The van der Waals surface area contributed by atoms with E-state index in [4.69, 9.17) is 9.15 Å². The second-order valence-corrected chi connectivity index (χ2v) is 5.68. The minimum absolute atomic E-state index is 0.0893. The molecule has 120 valence electrons. The molecule has 1 aliphatic carbocycles. The van der Waals surface area contributed by atoms with Crippen LogP contribution in [0.4, 0.5) is 6.01 Å². The molecule has 6 heteroatoms. The molecule has 0 saturated heterocycles. The molecule has 1 aliphatic rings. The first-order valence-electron chi connectivity index (χ1n) is 8.22. The molecule has 1 saturated carbocycles. The van der Waals surface area contributed by atoms with Crippen molar-refractivity contribution in [3.8, 4) is 0 Å². The van der Waals surface area contributed by atoms with Crippen LogP contribution in [0, 0.1) is 0 Å². The van der Waals surface area contributed by atoms with E-state index in [9.17, 15) is 0 Å². The summed E-state index contributed by atoms with van der Waals surface area (Å²) in [7, 11) is 0. The van der Waals surface area contributed by atoms with Gasteiger partial charge in [0.2, 0.25) is 5.89 Å². The summed E-state index contributed by atoms with van der Waals surface area (Å²) < 4.78 is 11.4. The molecule has 1 heterocycles. The van der Waals surface area contributed by atoms with Crippen LogP contribution in [-0.2, 0) is 4.74 Å². The van der Waals surface area contributed by atoms with E-state index < -0.39 is 0 Å². The second-order valence-electron chi connectivity index (χ2n) is 5.68. The maximum absolute atomic E-state index is 5.85. The van der Waals surface area contributed by atoms with Gasteiger partial charge in [-0.1, -0.05) is 31.3 Å². The van der Waals surface area contributed by atoms with Crippen molar-refractivity contribution in [3.63, 3.8) is 0 Å². The standard InChI is InChI=1S/C15H28N4O2/c1-3-9-16-12(2)14-18-19-15(21-14)17-10-11-20-13-7-5-4-6-8-13/h12-13,16H,3-11H2,1-2H3,(H,17,19). The predicted molar refractivity (Wildman–Crippen MR) is 82.3 cm³/mol. The topological polar surface area (TPSA) is 72.2 Å². The van der Waals surface area contributed by atoms with E-state index in [1.807, 2.05) is 6.92 Å². The highest BCUT2D eigenvalue weighted by Gasteiger charge is 2.14. The molecule has 1 aromatic rings. The molecular formula is C15H28N4O2. The molecule has 2 rings (SSSR count). The Labute approximate surface area is 127 Å². The van der Waals surface area contributed by atoms with Crippen LogP contribution in [0.2, 0.25) is 0 Å². The van der Waals surface area contributed by atoms with Gasteiger partial charge >= 0.3 is 6.01 Å². The first-order valence-corrected chi connectivity index (χ1v) is 8.22. The number of rotatable bonds is 9. The fourth-order valence-electron chi connectivity index (χ4n) is 2.54. The number of ether oxygens (including phenoxy) is 1. The third kappa shape index (κ3) is 5.63. The van der Waals surface area contributed by atoms with Gasteiger partial charge < -0.3 is 19.8 Å². The first kappa shape index (κ1) is 16.2. The molecule has 0 aromatic carbocycles. The molecule has 0 spiro atoms. The van der Waals surface area contributed by atoms with Gasteiger partial charge in [-0.05, 0) is 32.7 Å². The zero-order valence-corrected chi connectivity index (χ0v) is 13.2. The van der Waals surface area contributed by atoms with Gasteiger partial charge in [0.05, 0.1) is 18.8 Å². The zero-order chi connectivity index (χ0) is 14.9. The monoisotopic (exact) mass is 296 g/mol. The summed E-state index contributed by atoms with van der Waals surface area (Å²) in [5, 5.41) is 14.5. The minimum Gasteiger partial charge on any atom is -0.406 e. The van der Waals surface area contributed by atoms with Crippen molar-refractivity contribution in [3.05, 3.63) is 5.89 Å². The molecular weight excluding hydrogens is 268 g/mol. The maximum Gasteiger partial charge on any atom is 0.315 e. The van der Waals surface area contributed by atoms with Gasteiger partial charge in [0.25, 0.3) is 0 Å². The Morgan fingerprint density at radius 1 is 1.24 bits per heavy atom. The van der Waals surface area contributed by atoms with Crippen molar-refractivity contribution in [2.75, 3.05) is 25.0 Å². The number of nitrogens with zero attached hydrogens (tertiary/aromatic N) is 2. The van der Waals surface area contributed by atoms with Crippen LogP contribution in [-0.4, -0.2) is 36.0 Å². The highest BCUT2D eigenvalue weighted by molar-refractivity contribution is 5.16. The molecule has 0 radical (unpaired) electrons. The van der Waals surface area contributed by atoms with Crippen LogP contribution >= 0.6 is 0 Å². The van der Waals surface area contributed by atoms with E-state index in [-0.39, 0.29) is 6.04 Å². The number of hydrogen-bond donors (Lipinski definition) is 2. The van der Waals surface area contributed by atoms with Crippen LogP contribution in [0.1, 0.15) is 64.3 Å². The lowest BCUT2D eigenvalue weighted by molar-refractivity contribution is 0.0346. The maximum atomic E-state index is 5.85. The SMILES string of the molecule is CCCNC(C)c1nnc(NCCOC2CCCCC2)o1. The molecule has 0 aliphatic heterocycles. The van der Waals surface area contributed by atoms with Crippen molar-refractivity contribution in [2.45, 2.75) is 64.5 Å². The summed E-state index contributed by atoms with van der Waals surface area (Å²) in [5.74, 6) is 0.624. The Morgan fingerprint density at radius 3 is 2.81 bits per heavy atom. The molecule has 6 nitrogen and oxygen atoms in total. The van der Waals surface area contributed by atoms with Crippen LogP contribution < -0.4 is 10.6 Å². The Balaban J connectivity index is 1.63. The summed E-state index contributed by atoms with van der Waals surface area (Å²) in [6.07, 6.45) is 7.88. The number of hydrogen-bond acceptors (Lipinski definition) is 6. The summed E-state index contributed by atoms with van der Waals surface area (Å²) in [6.45, 7) is 6.49. The summed E-state index contributed by atoms with van der Waals surface area (Å²) in [6, 6.07) is 0.564. The average molecular weight is 296 g/mol. The van der Waals surface area contributed by atoms with Gasteiger partial charge in [0.1, 0.15) is 0 Å². The quantitative estimate of drug-likeness (QED) is 0.683. The summed E-state index contributed by atoms with van der Waals surface area (Å²) in [4.78, 5) is 0. The molecule has 0 amide bonds. The van der Waals surface area contributed by atoms with Gasteiger partial charge in [-0.25, -0.2) is 0 Å². The fraction of sp³-hybridized carbons (Fsp3) is 0.867. The van der Waals surface area contributed by atoms with E-state index in [1.54, 1.807) is 0 Å². The highest BCUT2D eigenvalue weighted by atomic mass is 16.5. The van der Waals surface area contributed by atoms with Crippen molar-refractivity contribution in [2.24, 2.45) is 0 Å². The predicted octanol–water partition coefficient (Wildman–Crippen LogP) is 2.89. The van der Waals surface area contributed by atoms with Gasteiger partial charge in [0, 0.05) is 6.54 Å². The molecule has 1 aromatic heterocycles. The normalized spacial score (nSPS) is 17.8. The lowest BCUT2D eigenvalue weighted by Crippen LogP contribution is -2.20. The molecule has 1 fully saturated rings. The van der Waals surface area contributed by atoms with Crippen LogP contribution in [0.15, 0.2) is 4.42 Å².